The second-order valence-corrected chi connectivity index (χ2v) is 8.97. The molecule has 4 aromatic rings. The summed E-state index contributed by atoms with van der Waals surface area (Å²) >= 11 is 7.33. The lowest BCUT2D eigenvalue weighted by Crippen LogP contribution is -2.15. The molecule has 1 amide bonds. The second kappa shape index (κ2) is 11.0. The first kappa shape index (κ1) is 23.6. The Balaban J connectivity index is 1.68. The summed E-state index contributed by atoms with van der Waals surface area (Å²) in [5.74, 6) is -0.00682. The van der Waals surface area contributed by atoms with Crippen LogP contribution in [0.3, 0.4) is 0 Å². The summed E-state index contributed by atoms with van der Waals surface area (Å²) in [4.78, 5) is 17.5. The Morgan fingerprint density at radius 3 is 2.41 bits per heavy atom. The number of aromatic nitrogens is 1. The number of nitrogens with zero attached hydrogens (tertiary/aromatic N) is 2. The zero-order valence-electron chi connectivity index (χ0n) is 18.6. The van der Waals surface area contributed by atoms with Crippen molar-refractivity contribution < 1.29 is 4.79 Å². The summed E-state index contributed by atoms with van der Waals surface area (Å²) in [6.07, 6.45) is 0.827. The average molecular weight is 484 g/mol. The molecular formula is C28H22ClN3OS. The topological polar surface area (TPSA) is 65.8 Å². The number of anilines is 1. The van der Waals surface area contributed by atoms with Gasteiger partial charge in [0, 0.05) is 21.8 Å². The van der Waals surface area contributed by atoms with Crippen molar-refractivity contribution in [3.8, 4) is 28.5 Å². The van der Waals surface area contributed by atoms with Crippen molar-refractivity contribution in [3.05, 3.63) is 101 Å². The van der Waals surface area contributed by atoms with Crippen molar-refractivity contribution in [2.45, 2.75) is 18.4 Å². The molecule has 0 spiro atoms. The minimum absolute atomic E-state index is 0.137. The predicted molar refractivity (Wildman–Crippen MR) is 140 cm³/mol. The highest BCUT2D eigenvalue weighted by atomic mass is 35.5. The van der Waals surface area contributed by atoms with Crippen LogP contribution < -0.4 is 5.32 Å². The number of benzene rings is 3. The summed E-state index contributed by atoms with van der Waals surface area (Å²) in [5.41, 5.74) is 5.64. The molecule has 0 saturated heterocycles. The SMILES string of the molecule is CCc1ccccc1NC(=O)CSc1nc(-c2ccc(Cl)cc2)cc(-c2ccccc2)c1C#N. The van der Waals surface area contributed by atoms with E-state index in [9.17, 15) is 10.1 Å². The summed E-state index contributed by atoms with van der Waals surface area (Å²) in [6, 6.07) is 29.1. The molecule has 6 heteroatoms. The number of para-hydroxylation sites is 1. The Kier molecular flexibility index (Phi) is 7.64. The lowest BCUT2D eigenvalue weighted by Gasteiger charge is -2.13. The van der Waals surface area contributed by atoms with Gasteiger partial charge in [-0.25, -0.2) is 4.98 Å². The van der Waals surface area contributed by atoms with Crippen LogP contribution in [0.1, 0.15) is 18.1 Å². The van der Waals surface area contributed by atoms with Gasteiger partial charge in [0.25, 0.3) is 0 Å². The van der Waals surface area contributed by atoms with E-state index in [0.29, 0.717) is 21.3 Å². The van der Waals surface area contributed by atoms with Crippen LogP contribution >= 0.6 is 23.4 Å². The number of hydrogen-bond donors (Lipinski definition) is 1. The number of nitrogens with one attached hydrogen (secondary N) is 1. The van der Waals surface area contributed by atoms with Crippen LogP contribution in [0.5, 0.6) is 0 Å². The van der Waals surface area contributed by atoms with Crippen LogP contribution in [0, 0.1) is 11.3 Å². The number of rotatable bonds is 7. The Labute approximate surface area is 208 Å². The summed E-state index contributed by atoms with van der Waals surface area (Å²) in [7, 11) is 0. The van der Waals surface area contributed by atoms with Crippen LogP contribution in [-0.2, 0) is 11.2 Å². The van der Waals surface area contributed by atoms with Gasteiger partial charge in [-0.15, -0.1) is 0 Å². The maximum absolute atomic E-state index is 12.7. The molecule has 0 fully saturated rings. The summed E-state index contributed by atoms with van der Waals surface area (Å²) < 4.78 is 0. The average Bonchev–Trinajstić information content (AvgIpc) is 2.88. The van der Waals surface area contributed by atoms with E-state index >= 15 is 0 Å². The van der Waals surface area contributed by atoms with E-state index in [4.69, 9.17) is 16.6 Å². The quantitative estimate of drug-likeness (QED) is 0.281. The molecule has 0 radical (unpaired) electrons. The normalized spacial score (nSPS) is 10.5. The minimum atomic E-state index is -0.144. The molecule has 1 aromatic heterocycles. The van der Waals surface area contributed by atoms with Gasteiger partial charge < -0.3 is 5.32 Å². The summed E-state index contributed by atoms with van der Waals surface area (Å²) in [5, 5.41) is 14.1. The fourth-order valence-electron chi connectivity index (χ4n) is 3.62. The highest BCUT2D eigenvalue weighted by Crippen LogP contribution is 2.34. The smallest absolute Gasteiger partial charge is 0.234 e. The third kappa shape index (κ3) is 5.48. The van der Waals surface area contributed by atoms with Crippen LogP contribution in [0.2, 0.25) is 5.02 Å². The first-order valence-corrected chi connectivity index (χ1v) is 12.2. The molecular weight excluding hydrogens is 462 g/mol. The molecule has 4 nitrogen and oxygen atoms in total. The van der Waals surface area contributed by atoms with Crippen molar-refractivity contribution in [2.75, 3.05) is 11.1 Å². The Morgan fingerprint density at radius 1 is 1.00 bits per heavy atom. The van der Waals surface area contributed by atoms with Crippen molar-refractivity contribution in [1.29, 1.82) is 5.26 Å². The largest absolute Gasteiger partial charge is 0.325 e. The first-order chi connectivity index (χ1) is 16.6. The van der Waals surface area contributed by atoms with Crippen LogP contribution in [0.25, 0.3) is 22.4 Å². The number of aryl methyl sites for hydroxylation is 1. The van der Waals surface area contributed by atoms with Crippen LogP contribution in [0.4, 0.5) is 5.69 Å². The molecule has 168 valence electrons. The molecule has 0 aliphatic carbocycles. The van der Waals surface area contributed by atoms with Gasteiger partial charge in [0.05, 0.1) is 17.0 Å². The molecule has 0 saturated carbocycles. The highest BCUT2D eigenvalue weighted by Gasteiger charge is 2.17. The third-order valence-corrected chi connectivity index (χ3v) is 6.56. The van der Waals surface area contributed by atoms with Gasteiger partial charge >= 0.3 is 0 Å². The molecule has 0 aliphatic rings. The maximum Gasteiger partial charge on any atom is 0.234 e. The molecule has 0 atom stereocenters. The lowest BCUT2D eigenvalue weighted by molar-refractivity contribution is -0.113. The van der Waals surface area contributed by atoms with E-state index in [1.54, 1.807) is 0 Å². The van der Waals surface area contributed by atoms with Gasteiger partial charge in [-0.2, -0.15) is 5.26 Å². The predicted octanol–water partition coefficient (Wildman–Crippen LogP) is 7.23. The van der Waals surface area contributed by atoms with Gasteiger partial charge in [-0.1, -0.05) is 91.0 Å². The van der Waals surface area contributed by atoms with E-state index < -0.39 is 0 Å². The zero-order valence-corrected chi connectivity index (χ0v) is 20.2. The van der Waals surface area contributed by atoms with Crippen molar-refractivity contribution in [1.82, 2.24) is 4.98 Å². The highest BCUT2D eigenvalue weighted by molar-refractivity contribution is 8.00. The summed E-state index contributed by atoms with van der Waals surface area (Å²) in [6.45, 7) is 2.05. The number of pyridine rings is 1. The number of amides is 1. The lowest BCUT2D eigenvalue weighted by atomic mass is 9.99. The van der Waals surface area contributed by atoms with Crippen LogP contribution in [0.15, 0.2) is 90.0 Å². The van der Waals surface area contributed by atoms with Crippen molar-refractivity contribution in [3.63, 3.8) is 0 Å². The fourth-order valence-corrected chi connectivity index (χ4v) is 4.55. The number of halogens is 1. The third-order valence-electron chi connectivity index (χ3n) is 5.34. The Morgan fingerprint density at radius 2 is 1.71 bits per heavy atom. The number of thioether (sulfide) groups is 1. The van der Waals surface area contributed by atoms with Crippen molar-refractivity contribution >= 4 is 35.0 Å². The number of nitriles is 1. The number of carbonyl (C=O) groups is 1. The Bertz CT molecular complexity index is 1350. The van der Waals surface area contributed by atoms with Gasteiger partial charge in [0.15, 0.2) is 0 Å². The molecule has 0 bridgehead atoms. The standard InChI is InChI=1S/C28H22ClN3OS/c1-2-19-8-6-7-11-25(19)31-27(33)18-34-28-24(17-30)23(20-9-4-3-5-10-20)16-26(32-28)21-12-14-22(29)15-13-21/h3-16H,2,18H2,1H3,(H,31,33). The van der Waals surface area contributed by atoms with Crippen molar-refractivity contribution in [2.24, 2.45) is 0 Å². The van der Waals surface area contributed by atoms with E-state index in [1.807, 2.05) is 84.9 Å². The number of hydrogen-bond acceptors (Lipinski definition) is 4. The number of carbonyl (C=O) groups excluding carboxylic acids is 1. The van der Waals surface area contributed by atoms with E-state index in [2.05, 4.69) is 18.3 Å². The minimum Gasteiger partial charge on any atom is -0.325 e. The molecule has 0 aliphatic heterocycles. The second-order valence-electron chi connectivity index (χ2n) is 7.57. The van der Waals surface area contributed by atoms with Gasteiger partial charge in [-0.05, 0) is 41.8 Å². The molecule has 3 aromatic carbocycles. The molecule has 0 unspecified atom stereocenters. The van der Waals surface area contributed by atoms with E-state index in [-0.39, 0.29) is 11.7 Å². The Hall–Kier alpha value is -3.59. The van der Waals surface area contributed by atoms with Gasteiger partial charge in [-0.3, -0.25) is 4.79 Å². The zero-order chi connectivity index (χ0) is 23.9. The maximum atomic E-state index is 12.7. The first-order valence-electron chi connectivity index (χ1n) is 10.9. The molecule has 1 heterocycles. The monoisotopic (exact) mass is 483 g/mol. The molecule has 4 rings (SSSR count). The van der Waals surface area contributed by atoms with Gasteiger partial charge in [0.2, 0.25) is 5.91 Å². The fraction of sp³-hybridized carbons (Fsp3) is 0.107. The molecule has 1 N–H and O–H groups in total. The van der Waals surface area contributed by atoms with E-state index in [0.717, 1.165) is 34.4 Å². The van der Waals surface area contributed by atoms with Gasteiger partial charge in [0.1, 0.15) is 11.1 Å². The van der Waals surface area contributed by atoms with E-state index in [1.165, 1.54) is 11.8 Å². The van der Waals surface area contributed by atoms with Crippen LogP contribution in [-0.4, -0.2) is 16.6 Å². The molecule has 34 heavy (non-hydrogen) atoms.